The van der Waals surface area contributed by atoms with Crippen molar-refractivity contribution in [2.45, 2.75) is 6.54 Å². The van der Waals surface area contributed by atoms with E-state index in [0.717, 1.165) is 12.1 Å². The molecule has 4 nitrogen and oxygen atoms in total. The predicted molar refractivity (Wildman–Crippen MR) is 74.9 cm³/mol. The molecule has 0 radical (unpaired) electrons. The van der Waals surface area contributed by atoms with E-state index in [0.29, 0.717) is 11.4 Å². The molecule has 0 saturated heterocycles. The van der Waals surface area contributed by atoms with E-state index < -0.39 is 11.8 Å². The lowest BCUT2D eigenvalue weighted by atomic mass is 10.2. The summed E-state index contributed by atoms with van der Waals surface area (Å²) in [6.07, 6.45) is 0. The number of halogens is 3. The molecule has 0 aliphatic heterocycles. The van der Waals surface area contributed by atoms with Crippen molar-refractivity contribution < 1.29 is 14.3 Å². The van der Waals surface area contributed by atoms with Gasteiger partial charge in [-0.3, -0.25) is 0 Å². The largest absolute Gasteiger partial charge is 0.477 e. The number of carbonyl (C=O) groups is 1. The van der Waals surface area contributed by atoms with E-state index >= 15 is 0 Å². The second kappa shape index (κ2) is 6.07. The zero-order valence-corrected chi connectivity index (χ0v) is 11.5. The fraction of sp³-hybridized carbons (Fsp3) is 0.0769. The Morgan fingerprint density at radius 1 is 1.30 bits per heavy atom. The predicted octanol–water partition coefficient (Wildman–Crippen LogP) is 3.84. The van der Waals surface area contributed by atoms with Crippen LogP contribution in [-0.4, -0.2) is 16.1 Å². The Morgan fingerprint density at radius 2 is 1.95 bits per heavy atom. The lowest BCUT2D eigenvalue weighted by molar-refractivity contribution is 0.0690. The number of benzene rings is 1. The summed E-state index contributed by atoms with van der Waals surface area (Å²) >= 11 is 11.8. The molecule has 0 atom stereocenters. The summed E-state index contributed by atoms with van der Waals surface area (Å²) in [7, 11) is 0. The van der Waals surface area contributed by atoms with Crippen LogP contribution in [0.2, 0.25) is 10.0 Å². The lowest BCUT2D eigenvalue weighted by Crippen LogP contribution is -2.07. The quantitative estimate of drug-likeness (QED) is 0.900. The molecule has 0 fully saturated rings. The number of nitrogens with zero attached hydrogens (tertiary/aromatic N) is 1. The highest BCUT2D eigenvalue weighted by Crippen LogP contribution is 2.31. The van der Waals surface area contributed by atoms with Gasteiger partial charge in [-0.25, -0.2) is 14.2 Å². The van der Waals surface area contributed by atoms with Gasteiger partial charge in [0.15, 0.2) is 0 Å². The molecule has 20 heavy (non-hydrogen) atoms. The summed E-state index contributed by atoms with van der Waals surface area (Å²) in [4.78, 5) is 14.7. The zero-order valence-electron chi connectivity index (χ0n) is 10.0. The third-order valence-electron chi connectivity index (χ3n) is 2.48. The molecule has 1 aromatic carbocycles. The van der Waals surface area contributed by atoms with Crippen molar-refractivity contribution in [3.8, 4) is 0 Å². The van der Waals surface area contributed by atoms with Gasteiger partial charge < -0.3 is 10.4 Å². The fourth-order valence-corrected chi connectivity index (χ4v) is 2.18. The molecule has 104 valence electrons. The highest BCUT2D eigenvalue weighted by molar-refractivity contribution is 6.39. The molecule has 7 heteroatoms. The van der Waals surface area contributed by atoms with Crippen LogP contribution in [0.1, 0.15) is 16.2 Å². The van der Waals surface area contributed by atoms with Crippen LogP contribution >= 0.6 is 23.2 Å². The van der Waals surface area contributed by atoms with E-state index in [1.54, 1.807) is 12.1 Å². The first-order chi connectivity index (χ1) is 9.47. The minimum absolute atomic E-state index is 0.0550. The molecular formula is C13H9Cl2FN2O2. The Morgan fingerprint density at radius 3 is 2.55 bits per heavy atom. The summed E-state index contributed by atoms with van der Waals surface area (Å²) in [5.41, 5.74) is 0.819. The average molecular weight is 315 g/mol. The molecule has 0 spiro atoms. The maximum absolute atomic E-state index is 13.0. The van der Waals surface area contributed by atoms with Crippen LogP contribution in [0.4, 0.5) is 10.1 Å². The van der Waals surface area contributed by atoms with E-state index in [9.17, 15) is 9.18 Å². The molecule has 0 aliphatic carbocycles. The standard InChI is InChI=1S/C13H9Cl2FN2O2/c14-9-4-7(16)5-10(15)12(9)17-6-8-2-1-3-11(18-8)13(19)20/h1-5,17H,6H2,(H,19,20). The molecular weight excluding hydrogens is 306 g/mol. The molecule has 0 saturated carbocycles. The van der Waals surface area contributed by atoms with Crippen LogP contribution in [0.5, 0.6) is 0 Å². The van der Waals surface area contributed by atoms with Crippen LogP contribution in [0.15, 0.2) is 30.3 Å². The normalized spacial score (nSPS) is 10.3. The first-order valence-corrected chi connectivity index (χ1v) is 6.30. The van der Waals surface area contributed by atoms with Crippen LogP contribution in [0, 0.1) is 5.82 Å². The number of hydrogen-bond acceptors (Lipinski definition) is 3. The van der Waals surface area contributed by atoms with E-state index in [1.807, 2.05) is 0 Å². The Bertz CT molecular complexity index is 642. The van der Waals surface area contributed by atoms with Gasteiger partial charge >= 0.3 is 5.97 Å². The van der Waals surface area contributed by atoms with E-state index in [1.165, 1.54) is 6.07 Å². The molecule has 0 aliphatic rings. The average Bonchev–Trinajstić information content (AvgIpc) is 2.37. The third kappa shape index (κ3) is 3.37. The van der Waals surface area contributed by atoms with Gasteiger partial charge in [0, 0.05) is 0 Å². The molecule has 0 amide bonds. The number of anilines is 1. The first kappa shape index (κ1) is 14.6. The first-order valence-electron chi connectivity index (χ1n) is 5.55. The van der Waals surface area contributed by atoms with Crippen LogP contribution < -0.4 is 5.32 Å². The van der Waals surface area contributed by atoms with Crippen LogP contribution in [0.3, 0.4) is 0 Å². The lowest BCUT2D eigenvalue weighted by Gasteiger charge is -2.10. The van der Waals surface area contributed by atoms with Crippen LogP contribution in [0.25, 0.3) is 0 Å². The van der Waals surface area contributed by atoms with Crippen LogP contribution in [-0.2, 0) is 6.54 Å². The summed E-state index contributed by atoms with van der Waals surface area (Å²) in [6.45, 7) is 0.214. The maximum atomic E-state index is 13.0. The molecule has 1 aromatic heterocycles. The van der Waals surface area contributed by atoms with E-state index in [4.69, 9.17) is 28.3 Å². The van der Waals surface area contributed by atoms with Gasteiger partial charge in [-0.15, -0.1) is 0 Å². The highest BCUT2D eigenvalue weighted by atomic mass is 35.5. The number of aromatic carboxylic acids is 1. The summed E-state index contributed by atoms with van der Waals surface area (Å²) in [5, 5.41) is 12.0. The second-order valence-corrected chi connectivity index (χ2v) is 4.73. The molecule has 0 unspecified atom stereocenters. The zero-order chi connectivity index (χ0) is 14.7. The van der Waals surface area contributed by atoms with Gasteiger partial charge in [0.1, 0.15) is 11.5 Å². The minimum atomic E-state index is -1.11. The number of rotatable bonds is 4. The molecule has 1 heterocycles. The Hall–Kier alpha value is -1.85. The number of hydrogen-bond donors (Lipinski definition) is 2. The molecule has 2 N–H and O–H groups in total. The number of carboxylic acids is 1. The Kier molecular flexibility index (Phi) is 4.42. The number of pyridine rings is 1. The van der Waals surface area contributed by atoms with Gasteiger partial charge in [0.2, 0.25) is 0 Å². The monoisotopic (exact) mass is 314 g/mol. The van der Waals surface area contributed by atoms with Gasteiger partial charge in [0.25, 0.3) is 0 Å². The second-order valence-electron chi connectivity index (χ2n) is 3.92. The van der Waals surface area contributed by atoms with E-state index in [-0.39, 0.29) is 22.3 Å². The summed E-state index contributed by atoms with van der Waals surface area (Å²) < 4.78 is 13.0. The molecule has 0 bridgehead atoms. The SMILES string of the molecule is O=C(O)c1cccc(CNc2c(Cl)cc(F)cc2Cl)n1. The van der Waals surface area contributed by atoms with Crippen molar-refractivity contribution in [3.05, 3.63) is 57.6 Å². The molecule has 2 aromatic rings. The van der Waals surface area contributed by atoms with Gasteiger partial charge in [-0.05, 0) is 24.3 Å². The number of carboxylic acid groups (broad SMARTS) is 1. The summed E-state index contributed by atoms with van der Waals surface area (Å²) in [5.74, 6) is -1.64. The maximum Gasteiger partial charge on any atom is 0.354 e. The molecule has 2 rings (SSSR count). The number of nitrogens with one attached hydrogen (secondary N) is 1. The number of aromatic nitrogens is 1. The summed E-state index contributed by atoms with van der Waals surface area (Å²) in [6, 6.07) is 6.91. The third-order valence-corrected chi connectivity index (χ3v) is 3.08. The van der Waals surface area contributed by atoms with Crippen molar-refractivity contribution in [2.24, 2.45) is 0 Å². The Labute approximate surface area is 124 Å². The van der Waals surface area contributed by atoms with Crippen molar-refractivity contribution >= 4 is 34.9 Å². The smallest absolute Gasteiger partial charge is 0.354 e. The van der Waals surface area contributed by atoms with Gasteiger partial charge in [-0.2, -0.15) is 0 Å². The van der Waals surface area contributed by atoms with Crippen molar-refractivity contribution in [2.75, 3.05) is 5.32 Å². The fourth-order valence-electron chi connectivity index (χ4n) is 1.59. The van der Waals surface area contributed by atoms with Gasteiger partial charge in [0.05, 0.1) is 28.0 Å². The van der Waals surface area contributed by atoms with Gasteiger partial charge in [-0.1, -0.05) is 29.3 Å². The van der Waals surface area contributed by atoms with Crippen molar-refractivity contribution in [3.63, 3.8) is 0 Å². The van der Waals surface area contributed by atoms with Crippen molar-refractivity contribution in [1.29, 1.82) is 0 Å². The highest BCUT2D eigenvalue weighted by Gasteiger charge is 2.09. The minimum Gasteiger partial charge on any atom is -0.477 e. The topological polar surface area (TPSA) is 62.2 Å². The van der Waals surface area contributed by atoms with Crippen molar-refractivity contribution in [1.82, 2.24) is 4.98 Å². The van der Waals surface area contributed by atoms with E-state index in [2.05, 4.69) is 10.3 Å². The Balaban J connectivity index is 2.17.